The Kier molecular flexibility index (Phi) is 9.01. The molecule has 1 saturated carbocycles. The summed E-state index contributed by atoms with van der Waals surface area (Å²) in [6.07, 6.45) is 6.23. The molecule has 0 aromatic heterocycles. The molecule has 4 nitrogen and oxygen atoms in total. The van der Waals surface area contributed by atoms with Gasteiger partial charge in [-0.25, -0.2) is 0 Å². The first-order valence-corrected chi connectivity index (χ1v) is 12.2. The molecule has 1 fully saturated rings. The normalized spacial score (nSPS) is 14.9. The molecule has 32 heavy (non-hydrogen) atoms. The molecule has 1 N–H and O–H groups in total. The SMILES string of the molecule is CCc1ccc(CCC(=O)N(Cc2ccc(Cl)cc2Cl)[C@@H](C)C(=O)NC2CCCC2)cc1. The monoisotopic (exact) mass is 474 g/mol. The Morgan fingerprint density at radius 3 is 2.34 bits per heavy atom. The summed E-state index contributed by atoms with van der Waals surface area (Å²) in [5.74, 6) is -0.174. The van der Waals surface area contributed by atoms with E-state index in [-0.39, 0.29) is 24.4 Å². The van der Waals surface area contributed by atoms with Gasteiger partial charge in [-0.3, -0.25) is 9.59 Å². The number of halogens is 2. The molecule has 172 valence electrons. The zero-order valence-corrected chi connectivity index (χ0v) is 20.4. The van der Waals surface area contributed by atoms with Crippen molar-refractivity contribution in [1.29, 1.82) is 0 Å². The second-order valence-electron chi connectivity index (χ2n) is 8.59. The lowest BCUT2D eigenvalue weighted by molar-refractivity contribution is -0.140. The fourth-order valence-electron chi connectivity index (χ4n) is 4.14. The Balaban J connectivity index is 1.72. The number of benzene rings is 2. The molecule has 1 aliphatic carbocycles. The molecule has 0 heterocycles. The quantitative estimate of drug-likeness (QED) is 0.486. The number of nitrogens with zero attached hydrogens (tertiary/aromatic N) is 1. The summed E-state index contributed by atoms with van der Waals surface area (Å²) in [6.45, 7) is 4.18. The summed E-state index contributed by atoms with van der Waals surface area (Å²) in [7, 11) is 0. The third-order valence-electron chi connectivity index (χ3n) is 6.28. The second kappa shape index (κ2) is 11.7. The van der Waals surface area contributed by atoms with E-state index >= 15 is 0 Å². The molecule has 0 bridgehead atoms. The van der Waals surface area contributed by atoms with E-state index in [1.807, 2.05) is 6.07 Å². The van der Waals surface area contributed by atoms with E-state index in [1.54, 1.807) is 24.0 Å². The first-order chi connectivity index (χ1) is 15.4. The maximum atomic E-state index is 13.3. The van der Waals surface area contributed by atoms with E-state index in [4.69, 9.17) is 23.2 Å². The molecule has 3 rings (SSSR count). The summed E-state index contributed by atoms with van der Waals surface area (Å²) < 4.78 is 0. The minimum atomic E-state index is -0.586. The Labute approximate surface area is 201 Å². The van der Waals surface area contributed by atoms with Gasteiger partial charge >= 0.3 is 0 Å². The van der Waals surface area contributed by atoms with Gasteiger partial charge in [-0.1, -0.05) is 73.3 Å². The van der Waals surface area contributed by atoms with Crippen molar-refractivity contribution in [3.05, 3.63) is 69.2 Å². The largest absolute Gasteiger partial charge is 0.352 e. The van der Waals surface area contributed by atoms with E-state index in [0.717, 1.165) is 43.2 Å². The van der Waals surface area contributed by atoms with Crippen LogP contribution in [0, 0.1) is 0 Å². The minimum absolute atomic E-state index is 0.0651. The van der Waals surface area contributed by atoms with Crippen LogP contribution in [0.25, 0.3) is 0 Å². The van der Waals surface area contributed by atoms with Gasteiger partial charge < -0.3 is 10.2 Å². The van der Waals surface area contributed by atoms with Crippen molar-refractivity contribution in [3.63, 3.8) is 0 Å². The first kappa shape index (κ1) is 24.6. The third-order valence-corrected chi connectivity index (χ3v) is 6.87. The zero-order chi connectivity index (χ0) is 23.1. The highest BCUT2D eigenvalue weighted by atomic mass is 35.5. The van der Waals surface area contributed by atoms with Crippen molar-refractivity contribution in [3.8, 4) is 0 Å². The average Bonchev–Trinajstić information content (AvgIpc) is 3.30. The smallest absolute Gasteiger partial charge is 0.242 e. The molecule has 2 amide bonds. The fourth-order valence-corrected chi connectivity index (χ4v) is 4.61. The summed E-state index contributed by atoms with van der Waals surface area (Å²) in [4.78, 5) is 27.9. The summed E-state index contributed by atoms with van der Waals surface area (Å²) in [6, 6.07) is 13.2. The summed E-state index contributed by atoms with van der Waals surface area (Å²) in [5.41, 5.74) is 3.16. The number of carbonyl (C=O) groups is 2. The van der Waals surface area contributed by atoms with Crippen LogP contribution in [0.1, 0.15) is 62.6 Å². The van der Waals surface area contributed by atoms with Crippen LogP contribution < -0.4 is 5.32 Å². The maximum absolute atomic E-state index is 13.3. The molecule has 2 aromatic rings. The second-order valence-corrected chi connectivity index (χ2v) is 9.44. The molecule has 0 saturated heterocycles. The first-order valence-electron chi connectivity index (χ1n) is 11.5. The van der Waals surface area contributed by atoms with E-state index in [2.05, 4.69) is 36.5 Å². The molecule has 2 aromatic carbocycles. The van der Waals surface area contributed by atoms with Crippen LogP contribution in [0.2, 0.25) is 10.0 Å². The van der Waals surface area contributed by atoms with Crippen molar-refractivity contribution in [1.82, 2.24) is 10.2 Å². The molecular formula is C26H32Cl2N2O2. The van der Waals surface area contributed by atoms with Crippen molar-refractivity contribution in [2.45, 2.75) is 77.4 Å². The highest BCUT2D eigenvalue weighted by Gasteiger charge is 2.28. The molecule has 1 atom stereocenters. The Morgan fingerprint density at radius 1 is 1.06 bits per heavy atom. The number of aryl methyl sites for hydroxylation is 2. The van der Waals surface area contributed by atoms with Crippen LogP contribution in [0.15, 0.2) is 42.5 Å². The topological polar surface area (TPSA) is 49.4 Å². The zero-order valence-electron chi connectivity index (χ0n) is 18.9. The van der Waals surface area contributed by atoms with Gasteiger partial charge in [0.1, 0.15) is 6.04 Å². The van der Waals surface area contributed by atoms with E-state index in [1.165, 1.54) is 5.56 Å². The maximum Gasteiger partial charge on any atom is 0.242 e. The van der Waals surface area contributed by atoms with Crippen LogP contribution in [0.4, 0.5) is 0 Å². The number of nitrogens with one attached hydrogen (secondary N) is 1. The Morgan fingerprint density at radius 2 is 1.72 bits per heavy atom. The lowest BCUT2D eigenvalue weighted by Gasteiger charge is -2.30. The number of hydrogen-bond acceptors (Lipinski definition) is 2. The lowest BCUT2D eigenvalue weighted by atomic mass is 10.0. The minimum Gasteiger partial charge on any atom is -0.352 e. The van der Waals surface area contributed by atoms with Crippen LogP contribution in [-0.4, -0.2) is 28.8 Å². The van der Waals surface area contributed by atoms with Gasteiger partial charge in [0.25, 0.3) is 0 Å². The Bertz CT molecular complexity index is 924. The fraction of sp³-hybridized carbons (Fsp3) is 0.462. The Hall–Kier alpha value is -2.04. The molecule has 1 aliphatic rings. The third kappa shape index (κ3) is 6.73. The number of rotatable bonds is 9. The van der Waals surface area contributed by atoms with Crippen LogP contribution in [0.3, 0.4) is 0 Å². The van der Waals surface area contributed by atoms with Crippen molar-refractivity contribution in [2.75, 3.05) is 0 Å². The summed E-state index contributed by atoms with van der Waals surface area (Å²) in [5, 5.41) is 4.16. The van der Waals surface area contributed by atoms with E-state index < -0.39 is 6.04 Å². The molecular weight excluding hydrogens is 443 g/mol. The van der Waals surface area contributed by atoms with Crippen LogP contribution >= 0.6 is 23.2 Å². The molecule has 0 aliphatic heterocycles. The lowest BCUT2D eigenvalue weighted by Crippen LogP contribution is -2.49. The predicted octanol–water partition coefficient (Wildman–Crippen LogP) is 5.96. The summed E-state index contributed by atoms with van der Waals surface area (Å²) >= 11 is 12.4. The predicted molar refractivity (Wildman–Crippen MR) is 131 cm³/mol. The van der Waals surface area contributed by atoms with Crippen LogP contribution in [-0.2, 0) is 29.0 Å². The van der Waals surface area contributed by atoms with Gasteiger partial charge in [0.2, 0.25) is 11.8 Å². The number of hydrogen-bond donors (Lipinski definition) is 1. The van der Waals surface area contributed by atoms with Gasteiger partial charge in [-0.05, 0) is 61.4 Å². The van der Waals surface area contributed by atoms with Crippen molar-refractivity contribution in [2.24, 2.45) is 0 Å². The number of carbonyl (C=O) groups excluding carboxylic acids is 2. The van der Waals surface area contributed by atoms with Gasteiger partial charge in [-0.2, -0.15) is 0 Å². The van der Waals surface area contributed by atoms with Crippen molar-refractivity contribution >= 4 is 35.0 Å². The van der Waals surface area contributed by atoms with Crippen LogP contribution in [0.5, 0.6) is 0 Å². The van der Waals surface area contributed by atoms with E-state index in [9.17, 15) is 9.59 Å². The molecule has 6 heteroatoms. The number of amides is 2. The van der Waals surface area contributed by atoms with E-state index in [0.29, 0.717) is 22.9 Å². The molecule has 0 spiro atoms. The standard InChI is InChI=1S/C26H32Cl2N2O2/c1-3-19-8-10-20(11-9-19)12-15-25(31)30(17-21-13-14-22(27)16-24(21)28)18(2)26(32)29-23-6-4-5-7-23/h8-11,13-14,16,18,23H,3-7,12,15,17H2,1-2H3,(H,29,32)/t18-/m0/s1. The molecule has 0 radical (unpaired) electrons. The van der Waals surface area contributed by atoms with Gasteiger partial charge in [-0.15, -0.1) is 0 Å². The molecule has 0 unspecified atom stereocenters. The van der Waals surface area contributed by atoms with Crippen molar-refractivity contribution < 1.29 is 9.59 Å². The average molecular weight is 475 g/mol. The van der Waals surface area contributed by atoms with Gasteiger partial charge in [0.15, 0.2) is 0 Å². The highest BCUT2D eigenvalue weighted by molar-refractivity contribution is 6.35. The van der Waals surface area contributed by atoms with Gasteiger partial charge in [0, 0.05) is 29.1 Å². The highest BCUT2D eigenvalue weighted by Crippen LogP contribution is 2.24. The van der Waals surface area contributed by atoms with Gasteiger partial charge in [0.05, 0.1) is 0 Å².